The highest BCUT2D eigenvalue weighted by atomic mass is 16.5. The van der Waals surface area contributed by atoms with Crippen LogP contribution in [-0.2, 0) is 23.9 Å². The normalized spacial score (nSPS) is 12.6. The molecule has 2 amide bonds. The summed E-state index contributed by atoms with van der Waals surface area (Å²) in [6.07, 6.45) is 33.8. The van der Waals surface area contributed by atoms with Gasteiger partial charge in [-0.1, -0.05) is 129 Å². The number of unbranched alkanes of at least 4 members (excludes halogenated alkanes) is 19. The molecule has 0 heterocycles. The number of ether oxygens (including phenoxy) is 1. The molecule has 4 N–H and O–H groups in total. The van der Waals surface area contributed by atoms with E-state index < -0.39 is 24.5 Å². The zero-order chi connectivity index (χ0) is 35.5. The van der Waals surface area contributed by atoms with Gasteiger partial charge in [-0.25, -0.2) is 4.79 Å². The van der Waals surface area contributed by atoms with Gasteiger partial charge in [0.1, 0.15) is 12.1 Å². The van der Waals surface area contributed by atoms with E-state index in [-0.39, 0.29) is 24.5 Å². The maximum absolute atomic E-state index is 12.7. The fourth-order valence-corrected chi connectivity index (χ4v) is 5.70. The Morgan fingerprint density at radius 3 is 1.62 bits per heavy atom. The highest BCUT2D eigenvalue weighted by molar-refractivity contribution is 5.87. The minimum atomic E-state index is -1.38. The number of carboxylic acids is 1. The lowest BCUT2D eigenvalue weighted by atomic mass is 10.0. The van der Waals surface area contributed by atoms with Crippen LogP contribution in [0, 0.1) is 0 Å². The van der Waals surface area contributed by atoms with E-state index in [9.17, 15) is 19.2 Å². The van der Waals surface area contributed by atoms with E-state index in [0.29, 0.717) is 19.3 Å². The van der Waals surface area contributed by atoms with Gasteiger partial charge in [0.15, 0.2) is 0 Å². The average molecular weight is 681 g/mol. The predicted molar refractivity (Wildman–Crippen MR) is 195 cm³/mol. The number of aliphatic hydroxyl groups excluding tert-OH is 1. The van der Waals surface area contributed by atoms with Crippen LogP contribution >= 0.6 is 0 Å². The average Bonchev–Trinajstić information content (AvgIpc) is 3.07. The summed E-state index contributed by atoms with van der Waals surface area (Å²) in [5.41, 5.74) is 0. The van der Waals surface area contributed by atoms with Crippen molar-refractivity contribution in [2.45, 2.75) is 199 Å². The van der Waals surface area contributed by atoms with Gasteiger partial charge in [-0.15, -0.1) is 0 Å². The molecule has 9 nitrogen and oxygen atoms in total. The molecule has 0 aliphatic heterocycles. The Morgan fingerprint density at radius 2 is 1.08 bits per heavy atom. The minimum absolute atomic E-state index is 0.00923. The van der Waals surface area contributed by atoms with Crippen LogP contribution in [0.2, 0.25) is 0 Å². The lowest BCUT2D eigenvalue weighted by Gasteiger charge is -2.18. The quantitative estimate of drug-likeness (QED) is 0.0298. The topological polar surface area (TPSA) is 142 Å². The lowest BCUT2D eigenvalue weighted by Crippen LogP contribution is -2.47. The van der Waals surface area contributed by atoms with Crippen molar-refractivity contribution in [1.29, 1.82) is 0 Å². The van der Waals surface area contributed by atoms with E-state index in [1.165, 1.54) is 89.9 Å². The summed E-state index contributed by atoms with van der Waals surface area (Å²) in [5.74, 6) is -2.30. The van der Waals surface area contributed by atoms with Crippen molar-refractivity contribution >= 4 is 23.8 Å². The second-order valence-electron chi connectivity index (χ2n) is 13.4. The molecule has 0 spiro atoms. The number of allylic oxidation sites excluding steroid dienone is 2. The summed E-state index contributed by atoms with van der Waals surface area (Å²) in [6, 6.07) is -1.38. The molecule has 280 valence electrons. The molecule has 0 aromatic rings. The third-order valence-electron chi connectivity index (χ3n) is 8.76. The van der Waals surface area contributed by atoms with Crippen molar-refractivity contribution in [2.75, 3.05) is 13.2 Å². The molecule has 0 aliphatic rings. The van der Waals surface area contributed by atoms with Crippen LogP contribution in [0.15, 0.2) is 12.2 Å². The van der Waals surface area contributed by atoms with Crippen LogP contribution in [0.1, 0.15) is 187 Å². The fraction of sp³-hybridized carbons (Fsp3) is 0.846. The molecule has 0 aromatic heterocycles. The van der Waals surface area contributed by atoms with Gasteiger partial charge < -0.3 is 25.6 Å². The number of carboxylic acid groups (broad SMARTS) is 1. The Hall–Kier alpha value is -2.42. The van der Waals surface area contributed by atoms with Gasteiger partial charge >= 0.3 is 11.9 Å². The molecule has 48 heavy (non-hydrogen) atoms. The van der Waals surface area contributed by atoms with Crippen molar-refractivity contribution in [3.63, 3.8) is 0 Å². The number of aliphatic hydroxyl groups is 1. The van der Waals surface area contributed by atoms with Gasteiger partial charge in [-0.2, -0.15) is 0 Å². The molecule has 2 unspecified atom stereocenters. The first kappa shape index (κ1) is 45.6. The number of esters is 1. The molecule has 0 aliphatic carbocycles. The molecule has 0 bridgehead atoms. The number of carbonyl (C=O) groups is 4. The standard InChI is InChI=1S/C39H72N2O7/c1-3-5-7-9-11-13-14-16-18-23-27-31-38(45)48-34(28-24-20-17-15-12-10-8-6-4-2)29-25-21-19-22-26-30-36(43)40-32-37(44)41-35(33-42)39(46)47/h9,11,34-35,42H,3-8,10,12-33H2,1-2H3,(H,40,43)(H,41,44)(H,46,47)/b11-9-. The van der Waals surface area contributed by atoms with Crippen LogP contribution in [0.3, 0.4) is 0 Å². The highest BCUT2D eigenvalue weighted by Crippen LogP contribution is 2.19. The van der Waals surface area contributed by atoms with Crippen LogP contribution in [0.5, 0.6) is 0 Å². The van der Waals surface area contributed by atoms with E-state index in [4.69, 9.17) is 14.9 Å². The molecule has 9 heteroatoms. The minimum Gasteiger partial charge on any atom is -0.480 e. The Bertz CT molecular complexity index is 833. The van der Waals surface area contributed by atoms with Crippen molar-refractivity contribution < 1.29 is 34.1 Å². The molecular weight excluding hydrogens is 608 g/mol. The molecule has 0 aromatic carbocycles. The summed E-state index contributed by atoms with van der Waals surface area (Å²) in [7, 11) is 0. The van der Waals surface area contributed by atoms with Crippen LogP contribution in [0.25, 0.3) is 0 Å². The Morgan fingerprint density at radius 1 is 0.604 bits per heavy atom. The second-order valence-corrected chi connectivity index (χ2v) is 13.4. The SMILES string of the molecule is CCCC/C=C\CCCCCCCC(=O)OC(CCCCCCCCCCC)CCCCCCCC(=O)NCC(=O)NC(CO)C(=O)O. The summed E-state index contributed by atoms with van der Waals surface area (Å²) >= 11 is 0. The third-order valence-corrected chi connectivity index (χ3v) is 8.76. The predicted octanol–water partition coefficient (Wildman–Crippen LogP) is 8.70. The number of hydrogen-bond donors (Lipinski definition) is 4. The first-order valence-corrected chi connectivity index (χ1v) is 19.6. The van der Waals surface area contributed by atoms with Gasteiger partial charge in [0.05, 0.1) is 13.2 Å². The number of aliphatic carboxylic acids is 1. The smallest absolute Gasteiger partial charge is 0.328 e. The molecule has 0 radical (unpaired) electrons. The van der Waals surface area contributed by atoms with Gasteiger partial charge in [0.2, 0.25) is 11.8 Å². The number of hydrogen-bond acceptors (Lipinski definition) is 6. The molecule has 0 saturated heterocycles. The molecule has 2 atom stereocenters. The van der Waals surface area contributed by atoms with E-state index in [1.54, 1.807) is 0 Å². The van der Waals surface area contributed by atoms with Crippen LogP contribution in [0.4, 0.5) is 0 Å². The maximum atomic E-state index is 12.7. The first-order chi connectivity index (χ1) is 23.3. The fourth-order valence-electron chi connectivity index (χ4n) is 5.70. The number of rotatable bonds is 35. The summed E-state index contributed by atoms with van der Waals surface area (Å²) in [5, 5.41) is 22.5. The van der Waals surface area contributed by atoms with Crippen molar-refractivity contribution in [3.05, 3.63) is 12.2 Å². The largest absolute Gasteiger partial charge is 0.480 e. The van der Waals surface area contributed by atoms with Crippen LogP contribution < -0.4 is 10.6 Å². The zero-order valence-electron chi connectivity index (χ0n) is 30.8. The summed E-state index contributed by atoms with van der Waals surface area (Å²) in [6.45, 7) is 3.44. The van der Waals surface area contributed by atoms with E-state index in [1.807, 2.05) is 0 Å². The zero-order valence-corrected chi connectivity index (χ0v) is 30.8. The Kier molecular flexibility index (Phi) is 32.7. The lowest BCUT2D eigenvalue weighted by molar-refractivity contribution is -0.150. The van der Waals surface area contributed by atoms with Gasteiger partial charge in [-0.05, 0) is 57.8 Å². The van der Waals surface area contributed by atoms with Crippen molar-refractivity contribution in [3.8, 4) is 0 Å². The van der Waals surface area contributed by atoms with Crippen LogP contribution in [-0.4, -0.2) is 59.3 Å². The van der Waals surface area contributed by atoms with E-state index in [2.05, 4.69) is 36.6 Å². The third kappa shape index (κ3) is 30.9. The van der Waals surface area contributed by atoms with Crippen molar-refractivity contribution in [1.82, 2.24) is 10.6 Å². The van der Waals surface area contributed by atoms with Gasteiger partial charge in [0.25, 0.3) is 0 Å². The molecular formula is C39H72N2O7. The maximum Gasteiger partial charge on any atom is 0.328 e. The van der Waals surface area contributed by atoms with Crippen molar-refractivity contribution in [2.24, 2.45) is 0 Å². The number of amides is 2. The summed E-state index contributed by atoms with van der Waals surface area (Å²) < 4.78 is 5.98. The second kappa shape index (κ2) is 34.4. The molecule has 0 saturated carbocycles. The van der Waals surface area contributed by atoms with E-state index >= 15 is 0 Å². The number of nitrogens with one attached hydrogen (secondary N) is 2. The summed E-state index contributed by atoms with van der Waals surface area (Å²) in [4.78, 5) is 47.3. The Balaban J connectivity index is 4.27. The Labute approximate surface area is 292 Å². The monoisotopic (exact) mass is 681 g/mol. The molecule has 0 fully saturated rings. The van der Waals surface area contributed by atoms with Gasteiger partial charge in [-0.3, -0.25) is 14.4 Å². The van der Waals surface area contributed by atoms with E-state index in [0.717, 1.165) is 64.2 Å². The number of carbonyl (C=O) groups excluding carboxylic acids is 3. The van der Waals surface area contributed by atoms with Gasteiger partial charge in [0, 0.05) is 12.8 Å². The first-order valence-electron chi connectivity index (χ1n) is 19.6. The highest BCUT2D eigenvalue weighted by Gasteiger charge is 2.19. The molecule has 0 rings (SSSR count).